The molecule has 2 unspecified atom stereocenters. The van der Waals surface area contributed by atoms with Gasteiger partial charge in [0.2, 0.25) is 5.91 Å². The minimum Gasteiger partial charge on any atom is -0.508 e. The number of carbonyl (C=O) groups is 1. The highest BCUT2D eigenvalue weighted by molar-refractivity contribution is 6.01. The van der Waals surface area contributed by atoms with Gasteiger partial charge in [0, 0.05) is 30.6 Å². The summed E-state index contributed by atoms with van der Waals surface area (Å²) in [6.07, 6.45) is 6.51. The quantitative estimate of drug-likeness (QED) is 0.275. The summed E-state index contributed by atoms with van der Waals surface area (Å²) in [6.45, 7) is 9.36. The van der Waals surface area contributed by atoms with Gasteiger partial charge in [-0.3, -0.25) is 14.6 Å². The molecule has 5 heterocycles. The first-order chi connectivity index (χ1) is 22.4. The number of rotatable bonds is 7. The first kappa shape index (κ1) is 29.2. The SMILES string of the molecule is C=C(Oc1nc(N2CC3CCC(C2)N3C(=O)CN2CCCC2)c2ccc(-c3cc(O)cc4ccccc34)cc2n1)[C@@H]1CCCN1C. The van der Waals surface area contributed by atoms with Gasteiger partial charge in [-0.15, -0.1) is 0 Å². The molecule has 4 aliphatic rings. The zero-order chi connectivity index (χ0) is 31.4. The maximum Gasteiger partial charge on any atom is 0.324 e. The number of benzene rings is 3. The van der Waals surface area contributed by atoms with Gasteiger partial charge >= 0.3 is 6.01 Å². The molecule has 8 rings (SSSR count). The fourth-order valence-electron chi connectivity index (χ4n) is 8.28. The lowest BCUT2D eigenvalue weighted by Gasteiger charge is -2.42. The first-order valence-electron chi connectivity index (χ1n) is 16.8. The van der Waals surface area contributed by atoms with Crippen LogP contribution in [-0.4, -0.2) is 100 Å². The van der Waals surface area contributed by atoms with Gasteiger partial charge in [0.25, 0.3) is 0 Å². The second-order valence-electron chi connectivity index (χ2n) is 13.6. The number of piperazine rings is 1. The van der Waals surface area contributed by atoms with Gasteiger partial charge in [0.15, 0.2) is 0 Å². The van der Waals surface area contributed by atoms with Crippen molar-refractivity contribution < 1.29 is 14.6 Å². The highest BCUT2D eigenvalue weighted by atomic mass is 16.5. The van der Waals surface area contributed by atoms with Crippen molar-refractivity contribution in [1.29, 1.82) is 0 Å². The summed E-state index contributed by atoms with van der Waals surface area (Å²) in [6, 6.07) is 18.7. The van der Waals surface area contributed by atoms with Crippen LogP contribution in [0.15, 0.2) is 66.9 Å². The van der Waals surface area contributed by atoms with E-state index in [0.717, 1.165) is 97.0 Å². The number of nitrogens with zero attached hydrogens (tertiary/aromatic N) is 6. The van der Waals surface area contributed by atoms with E-state index in [1.165, 1.54) is 12.8 Å². The normalized spacial score (nSPS) is 23.5. The third kappa shape index (κ3) is 5.35. The fraction of sp³-hybridized carbons (Fsp3) is 0.432. The molecule has 238 valence electrons. The number of hydrogen-bond donors (Lipinski definition) is 1. The molecule has 3 aromatic carbocycles. The lowest BCUT2D eigenvalue weighted by atomic mass is 9.97. The Kier molecular flexibility index (Phi) is 7.53. The minimum atomic E-state index is 0.133. The number of carbonyl (C=O) groups excluding carboxylic acids is 1. The smallest absolute Gasteiger partial charge is 0.324 e. The molecule has 9 heteroatoms. The van der Waals surface area contributed by atoms with E-state index in [1.54, 1.807) is 6.07 Å². The summed E-state index contributed by atoms with van der Waals surface area (Å²) in [7, 11) is 2.10. The number of aromatic nitrogens is 2. The highest BCUT2D eigenvalue weighted by Crippen LogP contribution is 2.39. The van der Waals surface area contributed by atoms with E-state index in [9.17, 15) is 9.90 Å². The Morgan fingerprint density at radius 2 is 1.72 bits per heavy atom. The van der Waals surface area contributed by atoms with Crippen molar-refractivity contribution in [3.63, 3.8) is 0 Å². The summed E-state index contributed by atoms with van der Waals surface area (Å²) in [5.41, 5.74) is 2.68. The lowest BCUT2D eigenvalue weighted by molar-refractivity contribution is -0.135. The van der Waals surface area contributed by atoms with Crippen molar-refractivity contribution in [2.24, 2.45) is 0 Å². The van der Waals surface area contributed by atoms with Crippen LogP contribution in [0.5, 0.6) is 11.8 Å². The van der Waals surface area contributed by atoms with Crippen molar-refractivity contribution in [3.8, 4) is 22.9 Å². The molecule has 1 N–H and O–H groups in total. The van der Waals surface area contributed by atoms with Crippen molar-refractivity contribution in [2.45, 2.75) is 56.7 Å². The summed E-state index contributed by atoms with van der Waals surface area (Å²) in [4.78, 5) is 32.5. The van der Waals surface area contributed by atoms with Crippen molar-refractivity contribution in [1.82, 2.24) is 24.7 Å². The van der Waals surface area contributed by atoms with Crippen LogP contribution in [0.2, 0.25) is 0 Å². The van der Waals surface area contributed by atoms with Gasteiger partial charge in [0.05, 0.1) is 18.1 Å². The summed E-state index contributed by atoms with van der Waals surface area (Å²) >= 11 is 0. The molecule has 1 aromatic heterocycles. The van der Waals surface area contributed by atoms with Gasteiger partial charge < -0.3 is 19.6 Å². The third-order valence-corrected chi connectivity index (χ3v) is 10.6. The molecule has 4 fully saturated rings. The topological polar surface area (TPSA) is 85.3 Å². The Morgan fingerprint density at radius 3 is 2.48 bits per heavy atom. The van der Waals surface area contributed by atoms with Gasteiger partial charge in [-0.25, -0.2) is 0 Å². The first-order valence-corrected chi connectivity index (χ1v) is 16.8. The van der Waals surface area contributed by atoms with E-state index in [1.807, 2.05) is 24.3 Å². The molecule has 46 heavy (non-hydrogen) atoms. The Bertz CT molecular complexity index is 1810. The third-order valence-electron chi connectivity index (χ3n) is 10.6. The monoisotopic (exact) mass is 618 g/mol. The van der Waals surface area contributed by atoms with E-state index in [2.05, 4.69) is 57.5 Å². The minimum absolute atomic E-state index is 0.133. The van der Waals surface area contributed by atoms with E-state index in [0.29, 0.717) is 18.3 Å². The van der Waals surface area contributed by atoms with E-state index >= 15 is 0 Å². The van der Waals surface area contributed by atoms with Crippen molar-refractivity contribution in [3.05, 3.63) is 66.9 Å². The standard InChI is InChI=1S/C37H42N6O3/c1-24(34-10-7-15-40(34)2)46-37-38-33-19-26(32-20-29(44)18-25-8-3-4-9-30(25)32)11-14-31(33)36(39-37)42-21-27-12-13-28(22-42)43(27)35(45)23-41-16-5-6-17-41/h3-4,8-9,11,14,18-20,27-28,34,44H,1,5-7,10,12-13,15-17,21-23H2,2H3/t27?,28?,34-/m0/s1. The highest BCUT2D eigenvalue weighted by Gasteiger charge is 2.43. The van der Waals surface area contributed by atoms with E-state index in [-0.39, 0.29) is 29.8 Å². The molecule has 0 saturated carbocycles. The number of fused-ring (bicyclic) bond motifs is 4. The summed E-state index contributed by atoms with van der Waals surface area (Å²) in [5.74, 6) is 2.00. The number of anilines is 1. The predicted octanol–water partition coefficient (Wildman–Crippen LogP) is 5.42. The zero-order valence-corrected chi connectivity index (χ0v) is 26.6. The molecule has 2 bridgehead atoms. The van der Waals surface area contributed by atoms with Crippen LogP contribution in [0, 0.1) is 0 Å². The number of hydrogen-bond acceptors (Lipinski definition) is 8. The van der Waals surface area contributed by atoms with Crippen LogP contribution in [0.1, 0.15) is 38.5 Å². The van der Waals surface area contributed by atoms with Crippen LogP contribution in [0.4, 0.5) is 5.82 Å². The Hall–Kier alpha value is -4.21. The summed E-state index contributed by atoms with van der Waals surface area (Å²) < 4.78 is 6.35. The number of ether oxygens (including phenoxy) is 1. The largest absolute Gasteiger partial charge is 0.508 e. The van der Waals surface area contributed by atoms with Crippen LogP contribution >= 0.6 is 0 Å². The number of likely N-dealkylation sites (N-methyl/N-ethyl adjacent to an activating group) is 1. The Morgan fingerprint density at radius 1 is 0.935 bits per heavy atom. The molecule has 3 atom stereocenters. The Labute approximate surface area is 270 Å². The maximum atomic E-state index is 13.5. The number of likely N-dealkylation sites (tertiary alicyclic amines) is 2. The number of phenols is 1. The molecular weight excluding hydrogens is 576 g/mol. The van der Waals surface area contributed by atoms with Crippen molar-refractivity contribution in [2.75, 3.05) is 51.2 Å². The van der Waals surface area contributed by atoms with Gasteiger partial charge in [0.1, 0.15) is 17.3 Å². The molecule has 0 aliphatic carbocycles. The molecule has 4 aliphatic heterocycles. The molecule has 0 spiro atoms. The number of phenolic OH excluding ortho intramolecular Hbond substituents is 1. The van der Waals surface area contributed by atoms with E-state index in [4.69, 9.17) is 14.7 Å². The Balaban J connectivity index is 1.16. The zero-order valence-electron chi connectivity index (χ0n) is 26.6. The summed E-state index contributed by atoms with van der Waals surface area (Å²) in [5, 5.41) is 13.6. The second-order valence-corrected chi connectivity index (χ2v) is 13.6. The molecule has 9 nitrogen and oxygen atoms in total. The van der Waals surface area contributed by atoms with Crippen LogP contribution in [0.3, 0.4) is 0 Å². The van der Waals surface area contributed by atoms with Crippen LogP contribution in [0.25, 0.3) is 32.8 Å². The van der Waals surface area contributed by atoms with Crippen LogP contribution in [-0.2, 0) is 4.79 Å². The molecule has 4 aromatic rings. The number of amides is 1. The molecular formula is C37H42N6O3. The molecule has 0 radical (unpaired) electrons. The predicted molar refractivity (Wildman–Crippen MR) is 181 cm³/mol. The van der Waals surface area contributed by atoms with Gasteiger partial charge in [-0.05, 0) is 111 Å². The molecule has 1 amide bonds. The van der Waals surface area contributed by atoms with Gasteiger partial charge in [-0.2, -0.15) is 9.97 Å². The van der Waals surface area contributed by atoms with Crippen LogP contribution < -0.4 is 9.64 Å². The second kappa shape index (κ2) is 11.9. The lowest BCUT2D eigenvalue weighted by Crippen LogP contribution is -2.57. The number of aromatic hydroxyl groups is 1. The fourth-order valence-corrected chi connectivity index (χ4v) is 8.28. The molecule has 4 saturated heterocycles. The van der Waals surface area contributed by atoms with Crippen molar-refractivity contribution >= 4 is 33.4 Å². The van der Waals surface area contributed by atoms with E-state index < -0.39 is 0 Å². The maximum absolute atomic E-state index is 13.5. The average Bonchev–Trinajstić information content (AvgIpc) is 3.79. The average molecular weight is 619 g/mol. The van der Waals surface area contributed by atoms with Gasteiger partial charge in [-0.1, -0.05) is 36.9 Å².